The fourth-order valence-electron chi connectivity index (χ4n) is 3.62. The first-order chi connectivity index (χ1) is 15.1. The van der Waals surface area contributed by atoms with Crippen LogP contribution in [0.15, 0.2) is 59.9 Å². The SMILES string of the molecule is COc1cccc(NC(=O)[C@@H](C)Sc2nnc(-c3c[nH]c4ccccc34)n2C2CC2)c1. The number of rotatable bonds is 7. The van der Waals surface area contributed by atoms with Crippen molar-refractivity contribution in [3.8, 4) is 17.1 Å². The Morgan fingerprint density at radius 3 is 2.87 bits per heavy atom. The molecule has 0 aliphatic heterocycles. The summed E-state index contributed by atoms with van der Waals surface area (Å²) in [7, 11) is 1.61. The minimum Gasteiger partial charge on any atom is -0.497 e. The topological polar surface area (TPSA) is 84.8 Å². The molecule has 2 aromatic carbocycles. The normalized spacial score (nSPS) is 14.5. The molecular formula is C23H23N5O2S. The van der Waals surface area contributed by atoms with Gasteiger partial charge in [-0.1, -0.05) is 36.0 Å². The van der Waals surface area contributed by atoms with Gasteiger partial charge < -0.3 is 15.0 Å². The number of aromatic nitrogens is 4. The average molecular weight is 434 g/mol. The van der Waals surface area contributed by atoms with E-state index in [0.717, 1.165) is 40.3 Å². The van der Waals surface area contributed by atoms with Gasteiger partial charge in [-0.05, 0) is 38.0 Å². The van der Waals surface area contributed by atoms with Gasteiger partial charge in [0, 0.05) is 40.5 Å². The highest BCUT2D eigenvalue weighted by molar-refractivity contribution is 8.00. The van der Waals surface area contributed by atoms with Crippen LogP contribution < -0.4 is 10.1 Å². The number of hydrogen-bond donors (Lipinski definition) is 2. The number of carbonyl (C=O) groups is 1. The predicted octanol–water partition coefficient (Wildman–Crippen LogP) is 4.89. The molecule has 1 atom stereocenters. The second kappa shape index (κ2) is 8.11. The van der Waals surface area contributed by atoms with Crippen molar-refractivity contribution in [1.82, 2.24) is 19.7 Å². The Balaban J connectivity index is 1.39. The Bertz CT molecular complexity index is 1240. The molecule has 0 bridgehead atoms. The van der Waals surface area contributed by atoms with Crippen molar-refractivity contribution in [2.75, 3.05) is 12.4 Å². The number of methoxy groups -OCH3 is 1. The Kier molecular flexibility index (Phi) is 5.15. The molecule has 5 rings (SSSR count). The molecule has 7 nitrogen and oxygen atoms in total. The number of H-pyrrole nitrogens is 1. The number of carbonyl (C=O) groups excluding carboxylic acids is 1. The van der Waals surface area contributed by atoms with E-state index in [0.29, 0.717) is 17.5 Å². The van der Waals surface area contributed by atoms with Crippen LogP contribution in [-0.2, 0) is 4.79 Å². The van der Waals surface area contributed by atoms with Crippen molar-refractivity contribution in [1.29, 1.82) is 0 Å². The zero-order chi connectivity index (χ0) is 21.4. The summed E-state index contributed by atoms with van der Waals surface area (Å²) in [5.74, 6) is 1.47. The van der Waals surface area contributed by atoms with Gasteiger partial charge in [0.15, 0.2) is 11.0 Å². The van der Waals surface area contributed by atoms with Crippen molar-refractivity contribution in [2.45, 2.75) is 36.2 Å². The van der Waals surface area contributed by atoms with Crippen molar-refractivity contribution >= 4 is 34.3 Å². The molecular weight excluding hydrogens is 410 g/mol. The van der Waals surface area contributed by atoms with Crippen LogP contribution in [-0.4, -0.2) is 38.0 Å². The van der Waals surface area contributed by atoms with Gasteiger partial charge >= 0.3 is 0 Å². The minimum atomic E-state index is -0.330. The van der Waals surface area contributed by atoms with Gasteiger partial charge in [0.2, 0.25) is 5.91 Å². The number of ether oxygens (including phenoxy) is 1. The summed E-state index contributed by atoms with van der Waals surface area (Å²) in [6.45, 7) is 1.89. The summed E-state index contributed by atoms with van der Waals surface area (Å²) in [6, 6.07) is 15.9. The molecule has 8 heteroatoms. The first-order valence-corrected chi connectivity index (χ1v) is 11.1. The van der Waals surface area contributed by atoms with Crippen LogP contribution in [0.5, 0.6) is 5.75 Å². The van der Waals surface area contributed by atoms with Crippen LogP contribution >= 0.6 is 11.8 Å². The Morgan fingerprint density at radius 1 is 1.23 bits per heavy atom. The second-order valence-electron chi connectivity index (χ2n) is 7.64. The number of nitrogens with zero attached hydrogens (tertiary/aromatic N) is 3. The van der Waals surface area contributed by atoms with Gasteiger partial charge in [-0.25, -0.2) is 0 Å². The van der Waals surface area contributed by atoms with Gasteiger partial charge in [0.1, 0.15) is 5.75 Å². The summed E-state index contributed by atoms with van der Waals surface area (Å²) in [5, 5.41) is 13.5. The maximum Gasteiger partial charge on any atom is 0.237 e. The number of fused-ring (bicyclic) bond motifs is 1. The largest absolute Gasteiger partial charge is 0.497 e. The molecule has 1 saturated carbocycles. The van der Waals surface area contributed by atoms with Crippen LogP contribution in [0.1, 0.15) is 25.8 Å². The molecule has 2 N–H and O–H groups in total. The molecule has 158 valence electrons. The molecule has 0 saturated heterocycles. The quantitative estimate of drug-likeness (QED) is 0.406. The maximum atomic E-state index is 12.8. The first-order valence-electron chi connectivity index (χ1n) is 10.3. The van der Waals surface area contributed by atoms with Crippen molar-refractivity contribution in [2.24, 2.45) is 0 Å². The maximum absolute atomic E-state index is 12.8. The molecule has 1 fully saturated rings. The van der Waals surface area contributed by atoms with E-state index in [1.165, 1.54) is 11.8 Å². The van der Waals surface area contributed by atoms with E-state index < -0.39 is 0 Å². The molecule has 31 heavy (non-hydrogen) atoms. The molecule has 2 aromatic heterocycles. The fourth-order valence-corrected chi connectivity index (χ4v) is 4.54. The smallest absolute Gasteiger partial charge is 0.237 e. The standard InChI is InChI=1S/C23H23N5O2S/c1-14(22(29)25-15-6-5-7-17(12-15)30-2)31-23-27-26-21(28(23)16-10-11-16)19-13-24-20-9-4-3-8-18(19)20/h3-9,12-14,16,24H,10-11H2,1-2H3,(H,25,29)/t14-/m1/s1. The van der Waals surface area contributed by atoms with Crippen LogP contribution in [0.2, 0.25) is 0 Å². The van der Waals surface area contributed by atoms with E-state index in [4.69, 9.17) is 4.74 Å². The molecule has 0 radical (unpaired) electrons. The Hall–Kier alpha value is -3.26. The molecule has 1 amide bonds. The van der Waals surface area contributed by atoms with Crippen LogP contribution in [0.4, 0.5) is 5.69 Å². The van der Waals surface area contributed by atoms with E-state index in [-0.39, 0.29) is 11.2 Å². The number of nitrogens with one attached hydrogen (secondary N) is 2. The molecule has 0 unspecified atom stereocenters. The highest BCUT2D eigenvalue weighted by atomic mass is 32.2. The van der Waals surface area contributed by atoms with Gasteiger partial charge in [0.25, 0.3) is 0 Å². The number of anilines is 1. The molecule has 2 heterocycles. The van der Waals surface area contributed by atoms with Crippen molar-refractivity contribution < 1.29 is 9.53 Å². The lowest BCUT2D eigenvalue weighted by Gasteiger charge is -2.13. The molecule has 0 spiro atoms. The van der Waals surface area contributed by atoms with E-state index >= 15 is 0 Å². The second-order valence-corrected chi connectivity index (χ2v) is 8.94. The summed E-state index contributed by atoms with van der Waals surface area (Å²) in [5.41, 5.74) is 2.82. The first kappa shape index (κ1) is 19.7. The summed E-state index contributed by atoms with van der Waals surface area (Å²) in [6.07, 6.45) is 4.19. The zero-order valence-corrected chi connectivity index (χ0v) is 18.1. The third kappa shape index (κ3) is 3.90. The van der Waals surface area contributed by atoms with Crippen LogP contribution in [0, 0.1) is 0 Å². The van der Waals surface area contributed by atoms with Crippen LogP contribution in [0.3, 0.4) is 0 Å². The summed E-state index contributed by atoms with van der Waals surface area (Å²) >= 11 is 1.44. The van der Waals surface area contributed by atoms with E-state index in [1.54, 1.807) is 13.2 Å². The Labute approximate surface area is 184 Å². The van der Waals surface area contributed by atoms with Gasteiger partial charge in [-0.3, -0.25) is 9.36 Å². The van der Waals surface area contributed by atoms with Crippen molar-refractivity contribution in [3.05, 3.63) is 54.7 Å². The van der Waals surface area contributed by atoms with Gasteiger partial charge in [0.05, 0.1) is 12.4 Å². The van der Waals surface area contributed by atoms with E-state index in [1.807, 2.05) is 43.5 Å². The number of amides is 1. The third-order valence-electron chi connectivity index (χ3n) is 5.40. The number of thioether (sulfide) groups is 1. The van der Waals surface area contributed by atoms with Gasteiger partial charge in [-0.15, -0.1) is 10.2 Å². The molecule has 4 aromatic rings. The van der Waals surface area contributed by atoms with Crippen molar-refractivity contribution in [3.63, 3.8) is 0 Å². The average Bonchev–Trinajstić information content (AvgIpc) is 3.41. The lowest BCUT2D eigenvalue weighted by Crippen LogP contribution is -2.23. The number of para-hydroxylation sites is 1. The highest BCUT2D eigenvalue weighted by Gasteiger charge is 2.32. The molecule has 1 aliphatic rings. The summed E-state index contributed by atoms with van der Waals surface area (Å²) in [4.78, 5) is 16.1. The molecule has 1 aliphatic carbocycles. The fraction of sp³-hybridized carbons (Fsp3) is 0.261. The number of hydrogen-bond acceptors (Lipinski definition) is 5. The number of aromatic amines is 1. The predicted molar refractivity (Wildman–Crippen MR) is 123 cm³/mol. The zero-order valence-electron chi connectivity index (χ0n) is 17.3. The minimum absolute atomic E-state index is 0.0859. The third-order valence-corrected chi connectivity index (χ3v) is 6.45. The highest BCUT2D eigenvalue weighted by Crippen LogP contribution is 2.42. The lowest BCUT2D eigenvalue weighted by molar-refractivity contribution is -0.115. The lowest BCUT2D eigenvalue weighted by atomic mass is 10.1. The van der Waals surface area contributed by atoms with E-state index in [9.17, 15) is 4.79 Å². The van der Waals surface area contributed by atoms with Crippen LogP contribution in [0.25, 0.3) is 22.3 Å². The Morgan fingerprint density at radius 2 is 2.06 bits per heavy atom. The summed E-state index contributed by atoms with van der Waals surface area (Å²) < 4.78 is 7.42. The van der Waals surface area contributed by atoms with E-state index in [2.05, 4.69) is 37.2 Å². The number of benzene rings is 2. The monoisotopic (exact) mass is 433 g/mol. The van der Waals surface area contributed by atoms with Gasteiger partial charge in [-0.2, -0.15) is 0 Å².